The van der Waals surface area contributed by atoms with Crippen LogP contribution >= 0.6 is 0 Å². The van der Waals surface area contributed by atoms with Gasteiger partial charge >= 0.3 is 5.97 Å². The van der Waals surface area contributed by atoms with E-state index in [0.29, 0.717) is 12.8 Å². The maximum Gasteiger partial charge on any atom is 0.306 e. The van der Waals surface area contributed by atoms with Gasteiger partial charge in [0.15, 0.2) is 0 Å². The Bertz CT molecular complexity index is 323. The normalized spacial score (nSPS) is 26.4. The second-order valence-corrected chi connectivity index (χ2v) is 6.25. The number of carbonyl (C=O) groups excluding carboxylic acids is 1. The first-order chi connectivity index (χ1) is 8.21. The smallest absolute Gasteiger partial charge is 0.306 e. The first kappa shape index (κ1) is 15.0. The second-order valence-electron chi connectivity index (χ2n) is 6.25. The second kappa shape index (κ2) is 5.69. The predicted molar refractivity (Wildman–Crippen MR) is 69.0 cm³/mol. The van der Waals surface area contributed by atoms with Gasteiger partial charge in [-0.1, -0.05) is 27.2 Å². The summed E-state index contributed by atoms with van der Waals surface area (Å²) in [4.78, 5) is 22.9. The van der Waals surface area contributed by atoms with Gasteiger partial charge in [0.2, 0.25) is 5.91 Å². The maximum atomic E-state index is 12.0. The zero-order chi connectivity index (χ0) is 13.9. The number of carbonyl (C=O) groups is 2. The minimum atomic E-state index is -0.769. The van der Waals surface area contributed by atoms with Gasteiger partial charge in [-0.3, -0.25) is 9.59 Å². The zero-order valence-corrected chi connectivity index (χ0v) is 11.4. The van der Waals surface area contributed by atoms with Gasteiger partial charge < -0.3 is 16.2 Å². The molecule has 0 saturated heterocycles. The lowest BCUT2D eigenvalue weighted by Crippen LogP contribution is -2.52. The summed E-state index contributed by atoms with van der Waals surface area (Å²) < 4.78 is 0. The number of hydrogen-bond acceptors (Lipinski definition) is 3. The van der Waals surface area contributed by atoms with Crippen molar-refractivity contribution in [3.05, 3.63) is 0 Å². The van der Waals surface area contributed by atoms with Crippen molar-refractivity contribution in [1.29, 1.82) is 0 Å². The van der Waals surface area contributed by atoms with Gasteiger partial charge in [-0.25, -0.2) is 0 Å². The monoisotopic (exact) mass is 256 g/mol. The van der Waals surface area contributed by atoms with Crippen LogP contribution in [0.25, 0.3) is 0 Å². The summed E-state index contributed by atoms with van der Waals surface area (Å²) in [6.07, 6.45) is 2.89. The van der Waals surface area contributed by atoms with Gasteiger partial charge in [-0.2, -0.15) is 0 Å². The van der Waals surface area contributed by atoms with E-state index in [1.54, 1.807) is 0 Å². The van der Waals surface area contributed by atoms with E-state index in [1.807, 2.05) is 20.8 Å². The molecular formula is C13H24N2O3. The fraction of sp³-hybridized carbons (Fsp3) is 0.846. The van der Waals surface area contributed by atoms with Crippen LogP contribution < -0.4 is 11.1 Å². The van der Waals surface area contributed by atoms with Crippen LogP contribution in [0.5, 0.6) is 0 Å². The van der Waals surface area contributed by atoms with Crippen LogP contribution in [0.2, 0.25) is 0 Å². The number of amides is 1. The molecule has 0 bridgehead atoms. The molecule has 1 saturated carbocycles. The molecule has 3 atom stereocenters. The summed E-state index contributed by atoms with van der Waals surface area (Å²) in [6, 6.07) is -0.622. The van der Waals surface area contributed by atoms with Crippen LogP contribution in [-0.4, -0.2) is 29.1 Å². The molecule has 1 rings (SSSR count). The molecule has 1 fully saturated rings. The SMILES string of the molecule is CC(C)(C)[C@H](N)C(=O)NC1CCCC(C(=O)O)C1. The van der Waals surface area contributed by atoms with E-state index in [0.717, 1.165) is 12.8 Å². The molecule has 4 N–H and O–H groups in total. The summed E-state index contributed by atoms with van der Waals surface area (Å²) in [5.74, 6) is -1.29. The number of hydrogen-bond donors (Lipinski definition) is 3. The van der Waals surface area contributed by atoms with Gasteiger partial charge in [-0.15, -0.1) is 0 Å². The number of rotatable bonds is 3. The standard InChI is InChI=1S/C13H24N2O3/c1-13(2,3)10(14)11(16)15-9-6-4-5-8(7-9)12(17)18/h8-10H,4-7,14H2,1-3H3,(H,15,16)(H,17,18)/t8?,9?,10-/m1/s1. The molecule has 1 aliphatic rings. The third kappa shape index (κ3) is 3.98. The van der Waals surface area contributed by atoms with Crippen LogP contribution in [0.4, 0.5) is 0 Å². The van der Waals surface area contributed by atoms with Crippen LogP contribution in [-0.2, 0) is 9.59 Å². The quantitative estimate of drug-likeness (QED) is 0.705. The van der Waals surface area contributed by atoms with E-state index >= 15 is 0 Å². The summed E-state index contributed by atoms with van der Waals surface area (Å²) in [5.41, 5.74) is 5.59. The average molecular weight is 256 g/mol. The highest BCUT2D eigenvalue weighted by Crippen LogP contribution is 2.25. The van der Waals surface area contributed by atoms with E-state index in [9.17, 15) is 9.59 Å². The molecule has 5 heteroatoms. The van der Waals surface area contributed by atoms with Crippen molar-refractivity contribution in [3.63, 3.8) is 0 Å². The predicted octanol–water partition coefficient (Wildman–Crippen LogP) is 1.12. The molecule has 0 aliphatic heterocycles. The lowest BCUT2D eigenvalue weighted by molar-refractivity contribution is -0.143. The number of aliphatic carboxylic acids is 1. The molecule has 0 heterocycles. The fourth-order valence-corrected chi connectivity index (χ4v) is 2.23. The Morgan fingerprint density at radius 2 is 1.94 bits per heavy atom. The average Bonchev–Trinajstić information content (AvgIpc) is 2.27. The number of nitrogens with two attached hydrogens (primary N) is 1. The summed E-state index contributed by atoms with van der Waals surface area (Å²) in [6.45, 7) is 5.74. The Morgan fingerprint density at radius 3 is 2.44 bits per heavy atom. The first-order valence-corrected chi connectivity index (χ1v) is 6.50. The van der Waals surface area contributed by atoms with Gasteiger partial charge in [0.1, 0.15) is 0 Å². The van der Waals surface area contributed by atoms with Crippen LogP contribution in [0.1, 0.15) is 46.5 Å². The molecule has 18 heavy (non-hydrogen) atoms. The van der Waals surface area contributed by atoms with Crippen LogP contribution in [0.15, 0.2) is 0 Å². The van der Waals surface area contributed by atoms with Gasteiger partial charge in [0, 0.05) is 6.04 Å². The van der Waals surface area contributed by atoms with Crippen LogP contribution in [0.3, 0.4) is 0 Å². The highest BCUT2D eigenvalue weighted by Gasteiger charge is 2.32. The topological polar surface area (TPSA) is 92.4 Å². The Morgan fingerprint density at radius 1 is 1.33 bits per heavy atom. The molecule has 0 aromatic heterocycles. The molecule has 1 amide bonds. The fourth-order valence-electron chi connectivity index (χ4n) is 2.23. The number of carboxylic acid groups (broad SMARTS) is 1. The van der Waals surface area contributed by atoms with E-state index in [-0.39, 0.29) is 23.3 Å². The molecule has 0 radical (unpaired) electrons. The Kier molecular flexibility index (Phi) is 4.73. The minimum absolute atomic E-state index is 0.0549. The molecule has 5 nitrogen and oxygen atoms in total. The third-order valence-corrected chi connectivity index (χ3v) is 3.59. The maximum absolute atomic E-state index is 12.0. The van der Waals surface area contributed by atoms with E-state index in [4.69, 9.17) is 10.8 Å². The lowest BCUT2D eigenvalue weighted by atomic mass is 9.84. The van der Waals surface area contributed by atoms with E-state index in [1.165, 1.54) is 0 Å². The number of nitrogens with one attached hydrogen (secondary N) is 1. The minimum Gasteiger partial charge on any atom is -0.481 e. The molecule has 0 aromatic carbocycles. The number of carboxylic acids is 1. The lowest BCUT2D eigenvalue weighted by Gasteiger charge is -2.31. The molecule has 1 aliphatic carbocycles. The summed E-state index contributed by atoms with van der Waals surface area (Å²) >= 11 is 0. The van der Waals surface area contributed by atoms with Crippen molar-refractivity contribution in [1.82, 2.24) is 5.32 Å². The van der Waals surface area contributed by atoms with E-state index < -0.39 is 12.0 Å². The Hall–Kier alpha value is -1.10. The van der Waals surface area contributed by atoms with Crippen molar-refractivity contribution in [2.45, 2.75) is 58.5 Å². The van der Waals surface area contributed by atoms with Crippen molar-refractivity contribution in [3.8, 4) is 0 Å². The molecule has 0 aromatic rings. The van der Waals surface area contributed by atoms with Gasteiger partial charge in [0.25, 0.3) is 0 Å². The summed E-state index contributed by atoms with van der Waals surface area (Å²) in [5, 5.41) is 11.9. The third-order valence-electron chi connectivity index (χ3n) is 3.59. The van der Waals surface area contributed by atoms with Gasteiger partial charge in [0.05, 0.1) is 12.0 Å². The highest BCUT2D eigenvalue weighted by atomic mass is 16.4. The zero-order valence-electron chi connectivity index (χ0n) is 11.4. The molecular weight excluding hydrogens is 232 g/mol. The van der Waals surface area contributed by atoms with E-state index in [2.05, 4.69) is 5.32 Å². The van der Waals surface area contributed by atoms with Crippen LogP contribution in [0, 0.1) is 11.3 Å². The van der Waals surface area contributed by atoms with Crippen molar-refractivity contribution >= 4 is 11.9 Å². The van der Waals surface area contributed by atoms with Crippen molar-refractivity contribution in [2.75, 3.05) is 0 Å². The first-order valence-electron chi connectivity index (χ1n) is 6.50. The Labute approximate surface area is 108 Å². The molecule has 104 valence electrons. The molecule has 0 spiro atoms. The highest BCUT2D eigenvalue weighted by molar-refractivity contribution is 5.82. The summed E-state index contributed by atoms with van der Waals surface area (Å²) in [7, 11) is 0. The van der Waals surface area contributed by atoms with Crippen molar-refractivity contribution in [2.24, 2.45) is 17.1 Å². The Balaban J connectivity index is 2.52. The largest absolute Gasteiger partial charge is 0.481 e. The van der Waals surface area contributed by atoms with Crippen molar-refractivity contribution < 1.29 is 14.7 Å². The molecule has 2 unspecified atom stereocenters. The van der Waals surface area contributed by atoms with Gasteiger partial charge in [-0.05, 0) is 24.7 Å².